The van der Waals surface area contributed by atoms with Crippen molar-refractivity contribution in [3.05, 3.63) is 108 Å². The second-order valence-electron chi connectivity index (χ2n) is 8.40. The van der Waals surface area contributed by atoms with Crippen molar-refractivity contribution in [3.63, 3.8) is 0 Å². The first kappa shape index (κ1) is 20.2. The topological polar surface area (TPSA) is 80.1 Å². The summed E-state index contributed by atoms with van der Waals surface area (Å²) in [5, 5.41) is 4.11. The van der Waals surface area contributed by atoms with Gasteiger partial charge < -0.3 is 14.2 Å². The van der Waals surface area contributed by atoms with Crippen LogP contribution in [0.4, 0.5) is 5.88 Å². The molecule has 34 heavy (non-hydrogen) atoms. The third-order valence-electron chi connectivity index (χ3n) is 6.21. The van der Waals surface area contributed by atoms with Gasteiger partial charge in [-0.15, -0.1) is 0 Å². The number of fused-ring (bicyclic) bond motifs is 1. The zero-order chi connectivity index (χ0) is 23.1. The van der Waals surface area contributed by atoms with Crippen molar-refractivity contribution in [3.8, 4) is 11.1 Å². The van der Waals surface area contributed by atoms with Crippen molar-refractivity contribution in [2.75, 3.05) is 4.90 Å². The number of hydrogen-bond donors (Lipinski definition) is 1. The van der Waals surface area contributed by atoms with Crippen LogP contribution in [0.5, 0.6) is 0 Å². The molecule has 0 saturated heterocycles. The van der Waals surface area contributed by atoms with Gasteiger partial charge in [-0.2, -0.15) is 0 Å². The molecule has 1 unspecified atom stereocenters. The first-order valence-electron chi connectivity index (χ1n) is 11.2. The highest BCUT2D eigenvalue weighted by Crippen LogP contribution is 2.37. The second kappa shape index (κ2) is 8.19. The molecule has 0 saturated carbocycles. The van der Waals surface area contributed by atoms with Crippen molar-refractivity contribution in [2.24, 2.45) is 0 Å². The quantitative estimate of drug-likeness (QED) is 0.364. The van der Waals surface area contributed by atoms with Crippen LogP contribution in [-0.2, 0) is 11.2 Å². The summed E-state index contributed by atoms with van der Waals surface area (Å²) < 4.78 is 11.6. The summed E-state index contributed by atoms with van der Waals surface area (Å²) in [6.07, 6.45) is 5.63. The van der Waals surface area contributed by atoms with Crippen LogP contribution in [-0.4, -0.2) is 20.1 Å². The molecule has 0 bridgehead atoms. The maximum Gasteiger partial charge on any atom is 0.237 e. The molecule has 7 nitrogen and oxygen atoms in total. The molecular formula is C27H23N5O2. The second-order valence-corrected chi connectivity index (χ2v) is 8.40. The largest absolute Gasteiger partial charge is 0.472 e. The lowest BCUT2D eigenvalue weighted by Crippen LogP contribution is -2.20. The molecule has 5 aromatic rings. The van der Waals surface area contributed by atoms with E-state index in [-0.39, 0.29) is 6.23 Å². The number of aryl methyl sites for hydroxylation is 1. The van der Waals surface area contributed by atoms with Crippen LogP contribution in [0.3, 0.4) is 0 Å². The Hall–Kier alpha value is -4.39. The SMILES string of the molecule is Cc1noc(N2C=COC2c2ccc(-c3ccccc3)c(Cc3nc4ncccc4[nH]3)c2)c1C. The molecule has 4 heterocycles. The summed E-state index contributed by atoms with van der Waals surface area (Å²) in [6.45, 7) is 3.94. The average molecular weight is 450 g/mol. The van der Waals surface area contributed by atoms with E-state index in [0.29, 0.717) is 12.3 Å². The van der Waals surface area contributed by atoms with Gasteiger partial charge in [-0.05, 0) is 48.7 Å². The summed E-state index contributed by atoms with van der Waals surface area (Å²) in [5.41, 5.74) is 7.99. The predicted molar refractivity (Wildman–Crippen MR) is 130 cm³/mol. The van der Waals surface area contributed by atoms with Crippen LogP contribution in [0.15, 0.2) is 83.8 Å². The summed E-state index contributed by atoms with van der Waals surface area (Å²) in [4.78, 5) is 14.4. The van der Waals surface area contributed by atoms with Crippen LogP contribution >= 0.6 is 0 Å². The van der Waals surface area contributed by atoms with E-state index in [1.807, 2.05) is 43.1 Å². The third kappa shape index (κ3) is 3.51. The van der Waals surface area contributed by atoms with E-state index in [1.54, 1.807) is 12.5 Å². The monoisotopic (exact) mass is 449 g/mol. The fraction of sp³-hybridized carbons (Fsp3) is 0.148. The zero-order valence-electron chi connectivity index (χ0n) is 18.9. The Morgan fingerprint density at radius 3 is 2.71 bits per heavy atom. The number of hydrogen-bond acceptors (Lipinski definition) is 6. The molecular weight excluding hydrogens is 426 g/mol. The number of pyridine rings is 1. The van der Waals surface area contributed by atoms with Crippen LogP contribution in [0.25, 0.3) is 22.3 Å². The summed E-state index contributed by atoms with van der Waals surface area (Å²) >= 11 is 0. The smallest absolute Gasteiger partial charge is 0.237 e. The van der Waals surface area contributed by atoms with Gasteiger partial charge >= 0.3 is 0 Å². The van der Waals surface area contributed by atoms with Gasteiger partial charge in [0.25, 0.3) is 0 Å². The van der Waals surface area contributed by atoms with Gasteiger partial charge in [-0.25, -0.2) is 9.97 Å². The number of aromatic nitrogens is 4. The molecule has 0 amide bonds. The Labute approximate surface area is 196 Å². The molecule has 0 fully saturated rings. The molecule has 3 aromatic heterocycles. The highest BCUT2D eigenvalue weighted by atomic mass is 16.5. The highest BCUT2D eigenvalue weighted by Gasteiger charge is 2.29. The van der Waals surface area contributed by atoms with Gasteiger partial charge in [0.05, 0.1) is 11.2 Å². The van der Waals surface area contributed by atoms with Gasteiger partial charge in [0.2, 0.25) is 12.1 Å². The number of H-pyrrole nitrogens is 1. The zero-order valence-corrected chi connectivity index (χ0v) is 18.9. The first-order valence-corrected chi connectivity index (χ1v) is 11.2. The minimum Gasteiger partial charge on any atom is -0.472 e. The number of nitrogens with zero attached hydrogens (tertiary/aromatic N) is 4. The Morgan fingerprint density at radius 2 is 1.91 bits per heavy atom. The Morgan fingerprint density at radius 1 is 1.03 bits per heavy atom. The molecule has 0 aliphatic carbocycles. The van der Waals surface area contributed by atoms with Crippen LogP contribution in [0.1, 0.15) is 34.4 Å². The van der Waals surface area contributed by atoms with E-state index in [1.165, 1.54) is 0 Å². The van der Waals surface area contributed by atoms with E-state index >= 15 is 0 Å². The van der Waals surface area contributed by atoms with Crippen LogP contribution < -0.4 is 4.90 Å². The number of aromatic amines is 1. The molecule has 1 aliphatic heterocycles. The van der Waals surface area contributed by atoms with E-state index < -0.39 is 0 Å². The number of anilines is 1. The number of rotatable bonds is 5. The van der Waals surface area contributed by atoms with Gasteiger partial charge in [0.1, 0.15) is 12.1 Å². The predicted octanol–water partition coefficient (Wildman–Crippen LogP) is 5.83. The molecule has 1 N–H and O–H groups in total. The Bertz CT molecular complexity index is 1470. The third-order valence-corrected chi connectivity index (χ3v) is 6.21. The van der Waals surface area contributed by atoms with Crippen LogP contribution in [0, 0.1) is 13.8 Å². The molecule has 1 aliphatic rings. The van der Waals surface area contributed by atoms with Gasteiger partial charge in [-0.1, -0.05) is 47.6 Å². The van der Waals surface area contributed by atoms with E-state index in [0.717, 1.165) is 50.5 Å². The Balaban J connectivity index is 1.41. The lowest BCUT2D eigenvalue weighted by molar-refractivity contribution is 0.169. The lowest BCUT2D eigenvalue weighted by Gasteiger charge is -2.23. The molecule has 2 aromatic carbocycles. The molecule has 7 heteroatoms. The fourth-order valence-electron chi connectivity index (χ4n) is 4.35. The normalized spacial score (nSPS) is 15.2. The fourth-order valence-corrected chi connectivity index (χ4v) is 4.35. The summed E-state index contributed by atoms with van der Waals surface area (Å²) in [5.74, 6) is 1.56. The number of benzene rings is 2. The molecule has 0 radical (unpaired) electrons. The number of ether oxygens (including phenoxy) is 1. The maximum atomic E-state index is 5.99. The standard InChI is InChI=1S/C27H23N5O2/c1-17-18(2)31-34-26(17)32-13-14-33-27(32)20-10-11-22(19-7-4-3-5-8-19)21(15-20)16-24-29-23-9-6-12-28-25(23)30-24/h3-15,27H,16H2,1-2H3,(H,28,29,30). The van der Waals surface area contributed by atoms with Crippen molar-refractivity contribution in [1.82, 2.24) is 20.1 Å². The van der Waals surface area contributed by atoms with E-state index in [9.17, 15) is 0 Å². The molecule has 168 valence electrons. The van der Waals surface area contributed by atoms with E-state index in [4.69, 9.17) is 14.2 Å². The van der Waals surface area contributed by atoms with Gasteiger partial charge in [-0.3, -0.25) is 4.90 Å². The van der Waals surface area contributed by atoms with Crippen molar-refractivity contribution in [2.45, 2.75) is 26.5 Å². The number of nitrogens with one attached hydrogen (secondary N) is 1. The molecule has 1 atom stereocenters. The summed E-state index contributed by atoms with van der Waals surface area (Å²) in [6, 6.07) is 20.7. The van der Waals surface area contributed by atoms with Crippen molar-refractivity contribution in [1.29, 1.82) is 0 Å². The van der Waals surface area contributed by atoms with E-state index in [2.05, 4.69) is 57.6 Å². The number of imidazole rings is 1. The average Bonchev–Trinajstić information content (AvgIpc) is 3.58. The molecule has 0 spiro atoms. The van der Waals surface area contributed by atoms with Gasteiger partial charge in [0.15, 0.2) is 5.65 Å². The van der Waals surface area contributed by atoms with Crippen molar-refractivity contribution >= 4 is 17.0 Å². The molecule has 6 rings (SSSR count). The van der Waals surface area contributed by atoms with Gasteiger partial charge in [0, 0.05) is 29.9 Å². The minimum atomic E-state index is -0.341. The Kier molecular flexibility index (Phi) is 4.87. The summed E-state index contributed by atoms with van der Waals surface area (Å²) in [7, 11) is 0. The van der Waals surface area contributed by atoms with Crippen LogP contribution in [0.2, 0.25) is 0 Å². The minimum absolute atomic E-state index is 0.341. The first-order chi connectivity index (χ1) is 16.7. The maximum absolute atomic E-state index is 5.99. The lowest BCUT2D eigenvalue weighted by atomic mass is 9.94. The highest BCUT2D eigenvalue weighted by molar-refractivity contribution is 5.71. The van der Waals surface area contributed by atoms with Crippen molar-refractivity contribution < 1.29 is 9.26 Å².